The van der Waals surface area contributed by atoms with Crippen molar-refractivity contribution in [1.29, 1.82) is 0 Å². The summed E-state index contributed by atoms with van der Waals surface area (Å²) in [5.41, 5.74) is 0.597. The van der Waals surface area contributed by atoms with E-state index in [4.69, 9.17) is 9.47 Å². The molecule has 0 aliphatic carbocycles. The molecule has 25 heavy (non-hydrogen) atoms. The van der Waals surface area contributed by atoms with Gasteiger partial charge in [-0.15, -0.1) is 0 Å². The molecule has 0 saturated carbocycles. The van der Waals surface area contributed by atoms with E-state index < -0.39 is 5.60 Å². The Hall–Kier alpha value is -1.62. The Balaban J connectivity index is 2.81. The molecule has 1 aromatic rings. The van der Waals surface area contributed by atoms with Gasteiger partial charge in [0.15, 0.2) is 0 Å². The molecule has 0 bridgehead atoms. The lowest BCUT2D eigenvalue weighted by molar-refractivity contribution is -0.141. The molecule has 0 unspecified atom stereocenters. The lowest BCUT2D eigenvalue weighted by Crippen LogP contribution is -2.44. The van der Waals surface area contributed by atoms with Crippen LogP contribution in [0, 0.1) is 12.8 Å². The number of ether oxygens (including phenoxy) is 2. The maximum atomic E-state index is 12.8. The average molecular weight is 351 g/mol. The molecule has 5 heteroatoms. The number of nitrogens with one attached hydrogen (secondary N) is 1. The molecule has 1 N–H and O–H groups in total. The minimum absolute atomic E-state index is 0.126. The van der Waals surface area contributed by atoms with Gasteiger partial charge < -0.3 is 14.8 Å². The fourth-order valence-electron chi connectivity index (χ4n) is 2.65. The van der Waals surface area contributed by atoms with Gasteiger partial charge in [-0.3, -0.25) is 4.79 Å². The van der Waals surface area contributed by atoms with Crippen molar-refractivity contribution >= 4 is 11.6 Å². The summed E-state index contributed by atoms with van der Waals surface area (Å²) in [5.74, 6) is 0.830. The number of carbonyl (C=O) groups is 1. The van der Waals surface area contributed by atoms with Gasteiger partial charge in [0.05, 0.1) is 18.0 Å². The molecule has 1 amide bonds. The predicted octanol–water partition coefficient (Wildman–Crippen LogP) is 4.74. The highest BCUT2D eigenvalue weighted by atomic mass is 16.5. The van der Waals surface area contributed by atoms with E-state index in [1.54, 1.807) is 6.07 Å². The normalized spacial score (nSPS) is 13.6. The van der Waals surface area contributed by atoms with Crippen molar-refractivity contribution in [2.75, 3.05) is 18.5 Å². The second kappa shape index (κ2) is 10.4. The molecule has 0 aliphatic rings. The quantitative estimate of drug-likeness (QED) is 0.586. The molecule has 1 rings (SSSR count). The molecule has 1 aromatic heterocycles. The summed E-state index contributed by atoms with van der Waals surface area (Å²) in [5, 5.41) is 2.98. The minimum Gasteiger partial charge on any atom is -0.478 e. The Morgan fingerprint density at radius 1 is 1.24 bits per heavy atom. The number of carbonyl (C=O) groups excluding carboxylic acids is 1. The fraction of sp³-hybridized carbons (Fsp3) is 0.700. The number of unbranched alkanes of at least 4 members (excludes halogenated alkanes) is 1. The van der Waals surface area contributed by atoms with Gasteiger partial charge in [0.25, 0.3) is 5.91 Å². The number of aromatic nitrogens is 1. The average Bonchev–Trinajstić information content (AvgIpc) is 2.55. The Labute approximate surface area is 152 Å². The van der Waals surface area contributed by atoms with E-state index in [2.05, 4.69) is 31.1 Å². The van der Waals surface area contributed by atoms with Crippen molar-refractivity contribution in [1.82, 2.24) is 4.98 Å². The molecule has 0 aliphatic heterocycles. The molecule has 1 heterocycles. The summed E-state index contributed by atoms with van der Waals surface area (Å²) in [6.07, 6.45) is 3.63. The lowest BCUT2D eigenvalue weighted by Gasteiger charge is -2.30. The Bertz CT molecular complexity index is 546. The van der Waals surface area contributed by atoms with Crippen LogP contribution in [-0.4, -0.2) is 29.7 Å². The van der Waals surface area contributed by atoms with Crippen LogP contribution in [-0.2, 0) is 9.53 Å². The van der Waals surface area contributed by atoms with Crippen LogP contribution in [0.4, 0.5) is 5.69 Å². The SMILES string of the molecule is CCCCOc1ccc(NC(=O)[C@@](C)(CC(C)C)OCCC)c(C)n1. The van der Waals surface area contributed by atoms with Gasteiger partial charge in [0.2, 0.25) is 5.88 Å². The molecular weight excluding hydrogens is 316 g/mol. The first-order valence-electron chi connectivity index (χ1n) is 9.38. The third-order valence-electron chi connectivity index (χ3n) is 3.96. The Morgan fingerprint density at radius 2 is 1.96 bits per heavy atom. The first kappa shape index (κ1) is 21.4. The number of rotatable bonds is 11. The zero-order valence-corrected chi connectivity index (χ0v) is 16.6. The van der Waals surface area contributed by atoms with Crippen LogP contribution in [0.25, 0.3) is 0 Å². The van der Waals surface area contributed by atoms with E-state index >= 15 is 0 Å². The molecular formula is C20H34N2O3. The van der Waals surface area contributed by atoms with Crippen LogP contribution in [0.15, 0.2) is 12.1 Å². The third-order valence-corrected chi connectivity index (χ3v) is 3.96. The number of aryl methyl sites for hydroxylation is 1. The van der Waals surface area contributed by atoms with E-state index in [-0.39, 0.29) is 5.91 Å². The second-order valence-electron chi connectivity index (χ2n) is 7.12. The molecule has 0 spiro atoms. The molecule has 0 fully saturated rings. The van der Waals surface area contributed by atoms with Gasteiger partial charge in [-0.2, -0.15) is 0 Å². The topological polar surface area (TPSA) is 60.5 Å². The van der Waals surface area contributed by atoms with E-state index in [9.17, 15) is 4.79 Å². The van der Waals surface area contributed by atoms with E-state index in [1.807, 2.05) is 26.8 Å². The highest BCUT2D eigenvalue weighted by Crippen LogP contribution is 2.25. The van der Waals surface area contributed by atoms with Crippen molar-refractivity contribution in [3.05, 3.63) is 17.8 Å². The highest BCUT2D eigenvalue weighted by Gasteiger charge is 2.35. The van der Waals surface area contributed by atoms with Gasteiger partial charge in [0.1, 0.15) is 5.60 Å². The number of hydrogen-bond acceptors (Lipinski definition) is 4. The Kier molecular flexibility index (Phi) is 8.90. The monoisotopic (exact) mass is 350 g/mol. The standard InChI is InChI=1S/C20H34N2O3/c1-7-9-13-24-18-11-10-17(16(5)21-18)22-19(23)20(6,14-15(3)4)25-12-8-2/h10-11,15H,7-9,12-14H2,1-6H3,(H,22,23)/t20-/m1/s1. The molecule has 142 valence electrons. The predicted molar refractivity (Wildman–Crippen MR) is 102 cm³/mol. The fourth-order valence-corrected chi connectivity index (χ4v) is 2.65. The summed E-state index contributed by atoms with van der Waals surface area (Å²) in [6, 6.07) is 3.64. The molecule has 5 nitrogen and oxygen atoms in total. The van der Waals surface area contributed by atoms with Crippen LogP contribution in [0.2, 0.25) is 0 Å². The van der Waals surface area contributed by atoms with Crippen molar-refractivity contribution < 1.29 is 14.3 Å². The van der Waals surface area contributed by atoms with Crippen LogP contribution in [0.3, 0.4) is 0 Å². The van der Waals surface area contributed by atoms with Crippen molar-refractivity contribution in [2.45, 2.75) is 72.8 Å². The summed E-state index contributed by atoms with van der Waals surface area (Å²) in [7, 11) is 0. The Morgan fingerprint density at radius 3 is 2.52 bits per heavy atom. The van der Waals surface area contributed by atoms with Crippen molar-refractivity contribution in [2.24, 2.45) is 5.92 Å². The van der Waals surface area contributed by atoms with Crippen molar-refractivity contribution in [3.8, 4) is 5.88 Å². The number of hydrogen-bond donors (Lipinski definition) is 1. The number of anilines is 1. The number of amides is 1. The van der Waals surface area contributed by atoms with Crippen molar-refractivity contribution in [3.63, 3.8) is 0 Å². The smallest absolute Gasteiger partial charge is 0.256 e. The van der Waals surface area contributed by atoms with Crippen LogP contribution < -0.4 is 10.1 Å². The number of nitrogens with zero attached hydrogens (tertiary/aromatic N) is 1. The highest BCUT2D eigenvalue weighted by molar-refractivity contribution is 5.97. The minimum atomic E-state index is -0.840. The maximum absolute atomic E-state index is 12.8. The molecule has 0 aromatic carbocycles. The molecule has 0 radical (unpaired) electrons. The van der Waals surface area contributed by atoms with Crippen LogP contribution in [0.5, 0.6) is 5.88 Å². The maximum Gasteiger partial charge on any atom is 0.256 e. The summed E-state index contributed by atoms with van der Waals surface area (Å²) in [4.78, 5) is 17.3. The summed E-state index contributed by atoms with van der Waals surface area (Å²) < 4.78 is 11.5. The van der Waals surface area contributed by atoms with Gasteiger partial charge in [-0.25, -0.2) is 4.98 Å². The zero-order valence-electron chi connectivity index (χ0n) is 16.6. The van der Waals surface area contributed by atoms with Gasteiger partial charge in [-0.1, -0.05) is 34.1 Å². The van der Waals surface area contributed by atoms with E-state index in [0.717, 1.165) is 25.0 Å². The first-order valence-corrected chi connectivity index (χ1v) is 9.38. The number of pyridine rings is 1. The second-order valence-corrected chi connectivity index (χ2v) is 7.12. The third kappa shape index (κ3) is 7.02. The molecule has 1 atom stereocenters. The zero-order chi connectivity index (χ0) is 18.9. The van der Waals surface area contributed by atoms with Gasteiger partial charge in [0, 0.05) is 12.7 Å². The van der Waals surface area contributed by atoms with Gasteiger partial charge in [-0.05, 0) is 45.1 Å². The largest absolute Gasteiger partial charge is 0.478 e. The van der Waals surface area contributed by atoms with Gasteiger partial charge >= 0.3 is 0 Å². The van der Waals surface area contributed by atoms with Crippen LogP contribution in [0.1, 0.15) is 66.0 Å². The van der Waals surface area contributed by atoms with Crippen LogP contribution >= 0.6 is 0 Å². The van der Waals surface area contributed by atoms with E-state index in [0.29, 0.717) is 37.1 Å². The first-order chi connectivity index (χ1) is 11.8. The van der Waals surface area contributed by atoms with E-state index in [1.165, 1.54) is 0 Å². The molecule has 0 saturated heterocycles. The summed E-state index contributed by atoms with van der Waals surface area (Å²) >= 11 is 0. The summed E-state index contributed by atoms with van der Waals surface area (Å²) in [6.45, 7) is 13.3. The lowest BCUT2D eigenvalue weighted by atomic mass is 9.93.